The van der Waals surface area contributed by atoms with E-state index in [9.17, 15) is 14.0 Å². The number of rotatable bonds is 6. The van der Waals surface area contributed by atoms with Crippen LogP contribution in [0.15, 0.2) is 48.5 Å². The number of hydrogen-bond acceptors (Lipinski definition) is 6. The van der Waals surface area contributed by atoms with Crippen LogP contribution in [0.25, 0.3) is 21.0 Å². The summed E-state index contributed by atoms with van der Waals surface area (Å²) in [7, 11) is 0. The van der Waals surface area contributed by atoms with Gasteiger partial charge in [-0.3, -0.25) is 4.79 Å². The molecule has 3 N–H and O–H groups in total. The number of ketones is 1. The number of thiazole rings is 1. The second kappa shape index (κ2) is 9.36. The number of hydrogen-bond donors (Lipinski definition) is 2. The number of Topliss-reactive ketones (excluding diaryl/α,β-unsaturated/α-hetero) is 1. The van der Waals surface area contributed by atoms with Crippen LogP contribution in [0.5, 0.6) is 5.75 Å². The van der Waals surface area contributed by atoms with Gasteiger partial charge < -0.3 is 15.8 Å². The molecule has 1 aromatic heterocycles. The van der Waals surface area contributed by atoms with Crippen molar-refractivity contribution >= 4 is 23.2 Å². The third-order valence-corrected chi connectivity index (χ3v) is 6.29. The number of piperidine rings is 1. The molecule has 4 rings (SSSR count). The highest BCUT2D eigenvalue weighted by molar-refractivity contribution is 7.18. The molecule has 0 aliphatic carbocycles. The molecule has 0 radical (unpaired) electrons. The first kappa shape index (κ1) is 21.1. The highest BCUT2D eigenvalue weighted by Crippen LogP contribution is 2.37. The number of carbonyl (C=O) groups excluding carboxylic acids is 2. The number of carbonyl (C=O) groups is 2. The molecule has 1 aliphatic rings. The van der Waals surface area contributed by atoms with Gasteiger partial charge in [-0.25, -0.2) is 14.2 Å². The molecule has 0 saturated carbocycles. The SMILES string of the molecule is NC(=O)Oc1cccc(-c2nc(C(=O)CC3CCCCN3)c(-c3ccc(F)cc3)s2)c1. The summed E-state index contributed by atoms with van der Waals surface area (Å²) < 4.78 is 18.4. The molecule has 1 amide bonds. The first-order chi connectivity index (χ1) is 15.0. The Kier molecular flexibility index (Phi) is 6.39. The number of primary amides is 1. The van der Waals surface area contributed by atoms with Gasteiger partial charge in [0.15, 0.2) is 5.78 Å². The number of aromatic nitrogens is 1. The van der Waals surface area contributed by atoms with Gasteiger partial charge in [0.05, 0.1) is 4.88 Å². The molecule has 1 saturated heterocycles. The maximum absolute atomic E-state index is 13.5. The number of ether oxygens (including phenoxy) is 1. The van der Waals surface area contributed by atoms with Crippen LogP contribution in [0.2, 0.25) is 0 Å². The van der Waals surface area contributed by atoms with Crippen molar-refractivity contribution in [3.8, 4) is 26.8 Å². The average Bonchev–Trinajstić information content (AvgIpc) is 3.20. The molecule has 31 heavy (non-hydrogen) atoms. The molecule has 3 aromatic rings. The Labute approximate surface area is 183 Å². The third kappa shape index (κ3) is 5.15. The molecule has 0 bridgehead atoms. The summed E-state index contributed by atoms with van der Waals surface area (Å²) >= 11 is 1.34. The van der Waals surface area contributed by atoms with Gasteiger partial charge in [0, 0.05) is 18.0 Å². The zero-order valence-corrected chi connectivity index (χ0v) is 17.6. The van der Waals surface area contributed by atoms with Gasteiger partial charge in [0.25, 0.3) is 0 Å². The maximum Gasteiger partial charge on any atom is 0.409 e. The van der Waals surface area contributed by atoms with E-state index in [1.165, 1.54) is 23.5 Å². The lowest BCUT2D eigenvalue weighted by molar-refractivity contribution is 0.0960. The number of nitrogens with two attached hydrogens (primary N) is 1. The highest BCUT2D eigenvalue weighted by Gasteiger charge is 2.24. The molecule has 1 atom stereocenters. The van der Waals surface area contributed by atoms with Crippen molar-refractivity contribution in [3.05, 3.63) is 60.0 Å². The minimum absolute atomic E-state index is 0.0502. The lowest BCUT2D eigenvalue weighted by Gasteiger charge is -2.22. The molecule has 8 heteroatoms. The first-order valence-corrected chi connectivity index (χ1v) is 10.9. The highest BCUT2D eigenvalue weighted by atomic mass is 32.1. The lowest BCUT2D eigenvalue weighted by atomic mass is 9.98. The predicted molar refractivity (Wildman–Crippen MR) is 118 cm³/mol. The van der Waals surface area contributed by atoms with Crippen LogP contribution in [-0.2, 0) is 0 Å². The monoisotopic (exact) mass is 439 g/mol. The van der Waals surface area contributed by atoms with Gasteiger partial charge in [0.2, 0.25) is 0 Å². The second-order valence-electron chi connectivity index (χ2n) is 7.43. The topological polar surface area (TPSA) is 94.3 Å². The zero-order chi connectivity index (χ0) is 21.8. The normalized spacial score (nSPS) is 16.1. The fourth-order valence-corrected chi connectivity index (χ4v) is 4.74. The summed E-state index contributed by atoms with van der Waals surface area (Å²) in [6.45, 7) is 0.914. The third-order valence-electron chi connectivity index (χ3n) is 5.14. The number of benzene rings is 2. The summed E-state index contributed by atoms with van der Waals surface area (Å²) in [5.41, 5.74) is 6.91. The van der Waals surface area contributed by atoms with E-state index < -0.39 is 6.09 Å². The van der Waals surface area contributed by atoms with Gasteiger partial charge in [-0.05, 0) is 49.2 Å². The Bertz CT molecular complexity index is 1090. The second-order valence-corrected chi connectivity index (χ2v) is 8.43. The van der Waals surface area contributed by atoms with Crippen molar-refractivity contribution in [1.82, 2.24) is 10.3 Å². The van der Waals surface area contributed by atoms with Gasteiger partial charge in [-0.15, -0.1) is 11.3 Å². The van der Waals surface area contributed by atoms with Crippen molar-refractivity contribution in [2.24, 2.45) is 5.73 Å². The van der Waals surface area contributed by atoms with Gasteiger partial charge in [-0.2, -0.15) is 0 Å². The molecule has 1 unspecified atom stereocenters. The van der Waals surface area contributed by atoms with Gasteiger partial charge in [0.1, 0.15) is 22.3 Å². The van der Waals surface area contributed by atoms with Crippen LogP contribution in [-0.4, -0.2) is 29.4 Å². The van der Waals surface area contributed by atoms with Crippen LogP contribution in [0, 0.1) is 5.82 Å². The van der Waals surface area contributed by atoms with Crippen LogP contribution >= 0.6 is 11.3 Å². The molecule has 0 spiro atoms. The molecule has 1 fully saturated rings. The van der Waals surface area contributed by atoms with Crippen LogP contribution < -0.4 is 15.8 Å². The molecule has 1 aliphatic heterocycles. The predicted octanol–water partition coefficient (Wildman–Crippen LogP) is 4.79. The quantitative estimate of drug-likeness (QED) is 0.539. The van der Waals surface area contributed by atoms with Crippen LogP contribution in [0.4, 0.5) is 9.18 Å². The fourth-order valence-electron chi connectivity index (χ4n) is 3.66. The number of nitrogens with zero attached hydrogens (tertiary/aromatic N) is 1. The van der Waals surface area contributed by atoms with E-state index in [4.69, 9.17) is 10.5 Å². The number of amides is 1. The van der Waals surface area contributed by atoms with Crippen molar-refractivity contribution in [2.75, 3.05) is 6.54 Å². The van der Waals surface area contributed by atoms with Crippen molar-refractivity contribution in [2.45, 2.75) is 31.7 Å². The smallest absolute Gasteiger partial charge is 0.409 e. The Morgan fingerprint density at radius 1 is 1.16 bits per heavy atom. The number of nitrogens with one attached hydrogen (secondary N) is 1. The van der Waals surface area contributed by atoms with E-state index in [0.717, 1.165) is 31.4 Å². The summed E-state index contributed by atoms with van der Waals surface area (Å²) in [4.78, 5) is 29.6. The minimum atomic E-state index is -0.904. The molecular formula is C23H22FN3O3S. The van der Waals surface area contributed by atoms with Crippen LogP contribution in [0.3, 0.4) is 0 Å². The fraction of sp³-hybridized carbons (Fsp3) is 0.261. The summed E-state index contributed by atoms with van der Waals surface area (Å²) in [6, 6.07) is 13.0. The Morgan fingerprint density at radius 2 is 1.97 bits per heavy atom. The van der Waals surface area contributed by atoms with E-state index in [1.54, 1.807) is 30.3 Å². The van der Waals surface area contributed by atoms with Gasteiger partial charge in [-0.1, -0.05) is 30.7 Å². The minimum Gasteiger partial charge on any atom is -0.410 e. The molecule has 6 nitrogen and oxygen atoms in total. The van der Waals surface area contributed by atoms with E-state index >= 15 is 0 Å². The zero-order valence-electron chi connectivity index (χ0n) is 16.8. The lowest BCUT2D eigenvalue weighted by Crippen LogP contribution is -2.35. The summed E-state index contributed by atoms with van der Waals surface area (Å²) in [5, 5.41) is 4.00. The summed E-state index contributed by atoms with van der Waals surface area (Å²) in [5.74, 6) is -0.0994. The van der Waals surface area contributed by atoms with Crippen molar-refractivity contribution < 1.29 is 18.7 Å². The molecule has 2 aromatic carbocycles. The summed E-state index contributed by atoms with van der Waals surface area (Å²) in [6.07, 6.45) is 2.64. The van der Waals surface area contributed by atoms with Crippen molar-refractivity contribution in [1.29, 1.82) is 0 Å². The Morgan fingerprint density at radius 3 is 2.68 bits per heavy atom. The maximum atomic E-state index is 13.5. The largest absolute Gasteiger partial charge is 0.410 e. The first-order valence-electron chi connectivity index (χ1n) is 10.1. The molecule has 2 heterocycles. The van der Waals surface area contributed by atoms with E-state index in [1.807, 2.05) is 6.07 Å². The average molecular weight is 440 g/mol. The standard InChI is InChI=1S/C23H22FN3O3S/c24-16-9-7-14(8-10-16)21-20(19(28)13-17-5-1-2-11-26-17)27-22(31-21)15-4-3-6-18(12-15)30-23(25)29/h3-4,6-10,12,17,26H,1-2,5,11,13H2,(H2,25,29). The van der Waals surface area contributed by atoms with E-state index in [-0.39, 0.29) is 17.6 Å². The van der Waals surface area contributed by atoms with E-state index in [0.29, 0.717) is 33.3 Å². The van der Waals surface area contributed by atoms with Crippen molar-refractivity contribution in [3.63, 3.8) is 0 Å². The molecule has 160 valence electrons. The van der Waals surface area contributed by atoms with E-state index in [2.05, 4.69) is 10.3 Å². The van der Waals surface area contributed by atoms with Gasteiger partial charge >= 0.3 is 6.09 Å². The Hall–Kier alpha value is -3.10. The number of halogens is 1. The Balaban J connectivity index is 1.70. The molecular weight excluding hydrogens is 417 g/mol. The van der Waals surface area contributed by atoms with Crippen LogP contribution in [0.1, 0.15) is 36.2 Å².